The number of halogens is 1. The second-order valence-electron chi connectivity index (χ2n) is 1.49. The zero-order valence-corrected chi connectivity index (χ0v) is 5.64. The molecule has 0 aliphatic heterocycles. The van der Waals surface area contributed by atoms with Crippen LogP contribution in [-0.2, 0) is 4.79 Å². The van der Waals surface area contributed by atoms with E-state index in [1.807, 2.05) is 0 Å². The molecule has 0 heterocycles. The molecule has 0 saturated carbocycles. The Bertz CT molecular complexity index is 65.1. The molecule has 0 amide bonds. The first-order valence-corrected chi connectivity index (χ1v) is 2.53. The van der Waals surface area contributed by atoms with E-state index in [-0.39, 0.29) is 5.92 Å². The third kappa shape index (κ3) is 9.21. The molecule has 0 aromatic carbocycles. The third-order valence-corrected chi connectivity index (χ3v) is 0.494. The van der Waals surface area contributed by atoms with Gasteiger partial charge in [-0.3, -0.25) is 4.79 Å². The van der Waals surface area contributed by atoms with Crippen LogP contribution in [0.4, 0.5) is 0 Å². The van der Waals surface area contributed by atoms with E-state index < -0.39 is 5.97 Å². The van der Waals surface area contributed by atoms with Crippen molar-refractivity contribution in [2.24, 2.45) is 11.2 Å². The average molecular weight is 140 g/mol. The number of nitrogens with two attached hydrogens (primary N) is 1. The number of carboxylic acid groups (broad SMARTS) is 1. The Morgan fingerprint density at radius 2 is 1.75 bits per heavy atom. The maximum Gasteiger partial charge on any atom is 0.305 e. The molecule has 0 aliphatic carbocycles. The molecule has 0 bridgehead atoms. The zero-order chi connectivity index (χ0) is 7.15. The number of hydrogen-bond acceptors (Lipinski definition) is 2. The van der Waals surface area contributed by atoms with Gasteiger partial charge in [-0.25, -0.2) is 5.25 Å². The molecule has 0 saturated heterocycles. The van der Waals surface area contributed by atoms with Gasteiger partial charge in [-0.05, 0) is 11.8 Å². The van der Waals surface area contributed by atoms with Crippen LogP contribution >= 0.6 is 11.8 Å². The number of hydrogen-bond donors (Lipinski definition) is 2. The second kappa shape index (κ2) is 6.72. The quantitative estimate of drug-likeness (QED) is 0.529. The monoisotopic (exact) mass is 139 g/mol. The summed E-state index contributed by atoms with van der Waals surface area (Å²) >= 11 is 4.14. The highest BCUT2D eigenvalue weighted by Gasteiger charge is 1.99. The Labute approximate surface area is 53.6 Å². The molecule has 0 aliphatic rings. The van der Waals surface area contributed by atoms with Gasteiger partial charge in [0, 0.05) is 0 Å². The first-order chi connectivity index (χ1) is 3.64. The van der Waals surface area contributed by atoms with Crippen LogP contribution in [0.25, 0.3) is 0 Å². The van der Waals surface area contributed by atoms with Gasteiger partial charge in [0.05, 0.1) is 5.92 Å². The summed E-state index contributed by atoms with van der Waals surface area (Å²) in [7, 11) is 0. The Hall–Kier alpha value is -0.280. The highest BCUT2D eigenvalue weighted by atomic mass is 35.5. The summed E-state index contributed by atoms with van der Waals surface area (Å²) < 4.78 is 0. The topological polar surface area (TPSA) is 63.3 Å². The van der Waals surface area contributed by atoms with Gasteiger partial charge in [0.15, 0.2) is 0 Å². The molecule has 8 heavy (non-hydrogen) atoms. The van der Waals surface area contributed by atoms with Gasteiger partial charge in [0.25, 0.3) is 0 Å². The molecule has 0 fully saturated rings. The highest BCUT2D eigenvalue weighted by molar-refractivity contribution is 6.11. The molecule has 4 heteroatoms. The van der Waals surface area contributed by atoms with E-state index in [1.54, 1.807) is 13.8 Å². The average Bonchev–Trinajstić information content (AvgIpc) is 1.72. The van der Waals surface area contributed by atoms with Crippen molar-refractivity contribution in [2.45, 2.75) is 13.8 Å². The normalized spacial score (nSPS) is 7.62. The van der Waals surface area contributed by atoms with Crippen molar-refractivity contribution in [3.8, 4) is 0 Å². The summed E-state index contributed by atoms with van der Waals surface area (Å²) in [5.41, 5.74) is 0. The van der Waals surface area contributed by atoms with Gasteiger partial charge in [0.1, 0.15) is 0 Å². The molecule has 0 spiro atoms. The van der Waals surface area contributed by atoms with Gasteiger partial charge in [-0.1, -0.05) is 13.8 Å². The SMILES string of the molecule is CC(C)C(=O)O.NCl. The lowest BCUT2D eigenvalue weighted by Crippen LogP contribution is -2.03. The molecule has 0 atom stereocenters. The fraction of sp³-hybridized carbons (Fsp3) is 0.750. The minimum Gasteiger partial charge on any atom is -0.481 e. The van der Waals surface area contributed by atoms with E-state index >= 15 is 0 Å². The highest BCUT2D eigenvalue weighted by Crippen LogP contribution is 1.87. The van der Waals surface area contributed by atoms with Crippen molar-refractivity contribution in [1.29, 1.82) is 0 Å². The van der Waals surface area contributed by atoms with Crippen molar-refractivity contribution in [3.05, 3.63) is 0 Å². The first kappa shape index (κ1) is 10.7. The molecule has 0 aromatic heterocycles. The summed E-state index contributed by atoms with van der Waals surface area (Å²) in [5.74, 6) is -0.972. The lowest BCUT2D eigenvalue weighted by Gasteiger charge is -1.89. The molecule has 0 rings (SSSR count). The minimum atomic E-state index is -0.741. The first-order valence-electron chi connectivity index (χ1n) is 2.09. The summed E-state index contributed by atoms with van der Waals surface area (Å²) in [5, 5.41) is 12.0. The molecule has 0 aromatic rings. The third-order valence-electron chi connectivity index (χ3n) is 0.494. The number of aliphatic carboxylic acids is 1. The van der Waals surface area contributed by atoms with E-state index in [2.05, 4.69) is 17.0 Å². The van der Waals surface area contributed by atoms with Gasteiger partial charge in [-0.2, -0.15) is 0 Å². The van der Waals surface area contributed by atoms with Crippen LogP contribution in [0, 0.1) is 5.92 Å². The summed E-state index contributed by atoms with van der Waals surface area (Å²) in [6, 6.07) is 0. The lowest BCUT2D eigenvalue weighted by atomic mass is 10.2. The molecule has 0 radical (unpaired) electrons. The van der Waals surface area contributed by atoms with E-state index in [0.717, 1.165) is 0 Å². The maximum atomic E-state index is 9.70. The number of carboxylic acids is 1. The summed E-state index contributed by atoms with van der Waals surface area (Å²) in [4.78, 5) is 9.70. The minimum absolute atomic E-state index is 0.231. The predicted molar refractivity (Wildman–Crippen MR) is 32.5 cm³/mol. The van der Waals surface area contributed by atoms with Gasteiger partial charge in [0.2, 0.25) is 0 Å². The van der Waals surface area contributed by atoms with Gasteiger partial charge >= 0.3 is 5.97 Å². The maximum absolute atomic E-state index is 9.70. The Morgan fingerprint density at radius 3 is 1.75 bits per heavy atom. The predicted octanol–water partition coefficient (Wildman–Crippen LogP) is 0.826. The van der Waals surface area contributed by atoms with E-state index in [9.17, 15) is 4.79 Å². The van der Waals surface area contributed by atoms with Crippen molar-refractivity contribution >= 4 is 17.7 Å². The standard InChI is InChI=1S/C4H8O2.ClH2N/c1-3(2)4(5)6;1-2/h3H,1-2H3,(H,5,6);2H2. The lowest BCUT2D eigenvalue weighted by molar-refractivity contribution is -0.140. The van der Waals surface area contributed by atoms with Crippen LogP contribution in [0.5, 0.6) is 0 Å². The second-order valence-corrected chi connectivity index (χ2v) is 1.49. The smallest absolute Gasteiger partial charge is 0.305 e. The summed E-state index contributed by atoms with van der Waals surface area (Å²) in [6.45, 7) is 3.28. The van der Waals surface area contributed by atoms with Crippen molar-refractivity contribution < 1.29 is 9.90 Å². The van der Waals surface area contributed by atoms with Crippen LogP contribution < -0.4 is 5.25 Å². The fourth-order valence-corrected chi connectivity index (χ4v) is 0. The Kier molecular flexibility index (Phi) is 8.95. The Morgan fingerprint density at radius 1 is 1.62 bits per heavy atom. The van der Waals surface area contributed by atoms with Crippen LogP contribution in [0.3, 0.4) is 0 Å². The zero-order valence-electron chi connectivity index (χ0n) is 4.89. The van der Waals surface area contributed by atoms with Crippen molar-refractivity contribution in [2.75, 3.05) is 0 Å². The molecule has 0 unspecified atom stereocenters. The van der Waals surface area contributed by atoms with E-state index in [1.165, 1.54) is 0 Å². The van der Waals surface area contributed by atoms with Crippen molar-refractivity contribution in [3.63, 3.8) is 0 Å². The van der Waals surface area contributed by atoms with Crippen molar-refractivity contribution in [1.82, 2.24) is 0 Å². The van der Waals surface area contributed by atoms with E-state index in [0.29, 0.717) is 0 Å². The van der Waals surface area contributed by atoms with Gasteiger partial charge < -0.3 is 5.11 Å². The van der Waals surface area contributed by atoms with Crippen LogP contribution in [-0.4, -0.2) is 11.1 Å². The van der Waals surface area contributed by atoms with Gasteiger partial charge in [-0.15, -0.1) is 0 Å². The van der Waals surface area contributed by atoms with Crippen LogP contribution in [0.2, 0.25) is 0 Å². The Balaban J connectivity index is 0. The number of carbonyl (C=O) groups is 1. The number of rotatable bonds is 1. The molecule has 50 valence electrons. The van der Waals surface area contributed by atoms with Crippen LogP contribution in [0.15, 0.2) is 0 Å². The largest absolute Gasteiger partial charge is 0.481 e. The van der Waals surface area contributed by atoms with E-state index in [4.69, 9.17) is 5.11 Å². The fourth-order valence-electron chi connectivity index (χ4n) is 0. The summed E-state index contributed by atoms with van der Waals surface area (Å²) in [6.07, 6.45) is 0. The molecule has 3 N–H and O–H groups in total. The molecular weight excluding hydrogens is 130 g/mol. The molecular formula is C4H10ClNO2. The van der Waals surface area contributed by atoms with Crippen LogP contribution in [0.1, 0.15) is 13.8 Å². The molecule has 3 nitrogen and oxygen atoms in total.